The van der Waals surface area contributed by atoms with Crippen molar-refractivity contribution < 1.29 is 14.7 Å². The third kappa shape index (κ3) is 5.94. The van der Waals surface area contributed by atoms with Crippen LogP contribution in [0.25, 0.3) is 0 Å². The number of aliphatic hydroxyl groups excluding tert-OH is 1. The summed E-state index contributed by atoms with van der Waals surface area (Å²) >= 11 is 6.99. The van der Waals surface area contributed by atoms with Crippen LogP contribution in [0.3, 0.4) is 0 Å². The minimum absolute atomic E-state index is 0.0640. The van der Waals surface area contributed by atoms with Gasteiger partial charge in [0.05, 0.1) is 11.6 Å². The summed E-state index contributed by atoms with van der Waals surface area (Å²) in [5.41, 5.74) is 3.25. The van der Waals surface area contributed by atoms with E-state index in [1.54, 1.807) is 6.07 Å². The minimum Gasteiger partial charge on any atom is -0.395 e. The fraction of sp³-hybridized carbons (Fsp3) is 0.357. The Hall–Kier alpha value is -1.72. The van der Waals surface area contributed by atoms with E-state index in [0.29, 0.717) is 10.3 Å². The Morgan fingerprint density at radius 2 is 2.04 bits per heavy atom. The highest BCUT2D eigenvalue weighted by Gasteiger charge is 2.14. The van der Waals surface area contributed by atoms with Crippen LogP contribution in [0.15, 0.2) is 23.4 Å². The van der Waals surface area contributed by atoms with Gasteiger partial charge in [0.15, 0.2) is 5.16 Å². The number of hydrogen-bond donors (Lipinski definition) is 4. The SMILES string of the molecule is CC(Sc1nc(NCCO)nc(NN(C)O)n1)c1ccc(Cl)c(F)c1. The van der Waals surface area contributed by atoms with Crippen molar-refractivity contribution in [3.8, 4) is 0 Å². The molecule has 0 saturated carbocycles. The zero-order chi connectivity index (χ0) is 18.4. The molecule has 0 saturated heterocycles. The molecule has 8 nitrogen and oxygen atoms in total. The monoisotopic (exact) mass is 388 g/mol. The molecule has 2 rings (SSSR count). The maximum absolute atomic E-state index is 13.6. The second kappa shape index (κ2) is 9.11. The first-order valence-corrected chi connectivity index (χ1v) is 8.56. The van der Waals surface area contributed by atoms with E-state index >= 15 is 0 Å². The minimum atomic E-state index is -0.489. The fourth-order valence-corrected chi connectivity index (χ4v) is 2.84. The van der Waals surface area contributed by atoms with Gasteiger partial charge in [-0.3, -0.25) is 10.6 Å². The van der Waals surface area contributed by atoms with E-state index in [2.05, 4.69) is 25.7 Å². The van der Waals surface area contributed by atoms with Crippen LogP contribution in [0.2, 0.25) is 5.02 Å². The second-order valence-corrected chi connectivity index (χ2v) is 6.70. The zero-order valence-corrected chi connectivity index (χ0v) is 15.1. The normalized spacial score (nSPS) is 12.3. The molecule has 0 amide bonds. The number of nitrogens with one attached hydrogen (secondary N) is 2. The smallest absolute Gasteiger partial charge is 0.245 e. The number of anilines is 2. The van der Waals surface area contributed by atoms with Crippen molar-refractivity contribution in [2.75, 3.05) is 30.9 Å². The van der Waals surface area contributed by atoms with Gasteiger partial charge in [0.2, 0.25) is 11.9 Å². The highest BCUT2D eigenvalue weighted by atomic mass is 35.5. The highest BCUT2D eigenvalue weighted by molar-refractivity contribution is 7.99. The zero-order valence-electron chi connectivity index (χ0n) is 13.6. The van der Waals surface area contributed by atoms with Crippen LogP contribution in [0.5, 0.6) is 0 Å². The van der Waals surface area contributed by atoms with Gasteiger partial charge in [0.1, 0.15) is 5.82 Å². The Morgan fingerprint density at radius 3 is 2.68 bits per heavy atom. The number of hydroxylamine groups is 1. The molecule has 25 heavy (non-hydrogen) atoms. The maximum Gasteiger partial charge on any atom is 0.245 e. The molecule has 11 heteroatoms. The van der Waals surface area contributed by atoms with Crippen molar-refractivity contribution in [2.24, 2.45) is 0 Å². The number of halogens is 2. The lowest BCUT2D eigenvalue weighted by Gasteiger charge is -2.14. The number of nitrogens with zero attached hydrogens (tertiary/aromatic N) is 4. The molecule has 1 aromatic carbocycles. The molecule has 1 aromatic heterocycles. The molecular formula is C14H18ClFN6O2S. The number of hydrazine groups is 1. The molecule has 0 radical (unpaired) electrons. The van der Waals surface area contributed by atoms with Gasteiger partial charge in [-0.15, -0.1) is 5.17 Å². The lowest BCUT2D eigenvalue weighted by molar-refractivity contribution is -0.0395. The largest absolute Gasteiger partial charge is 0.395 e. The lowest BCUT2D eigenvalue weighted by atomic mass is 10.2. The van der Waals surface area contributed by atoms with Crippen LogP contribution in [0.4, 0.5) is 16.3 Å². The summed E-state index contributed by atoms with van der Waals surface area (Å²) < 4.78 is 13.6. The fourth-order valence-electron chi connectivity index (χ4n) is 1.84. The molecule has 0 spiro atoms. The van der Waals surface area contributed by atoms with E-state index in [1.807, 2.05) is 6.92 Å². The van der Waals surface area contributed by atoms with Gasteiger partial charge < -0.3 is 10.4 Å². The third-order valence-electron chi connectivity index (χ3n) is 2.97. The molecule has 4 N–H and O–H groups in total. The Kier molecular flexibility index (Phi) is 7.14. The quantitative estimate of drug-likeness (QED) is 0.401. The molecule has 0 aliphatic rings. The predicted octanol–water partition coefficient (Wildman–Crippen LogP) is 2.57. The molecule has 2 aromatic rings. The average Bonchev–Trinajstić information content (AvgIpc) is 2.54. The van der Waals surface area contributed by atoms with Gasteiger partial charge in [-0.2, -0.15) is 15.0 Å². The first-order valence-electron chi connectivity index (χ1n) is 7.30. The van der Waals surface area contributed by atoms with E-state index in [4.69, 9.17) is 16.7 Å². The first kappa shape index (κ1) is 19.6. The molecule has 1 heterocycles. The van der Waals surface area contributed by atoms with Crippen LogP contribution in [0, 0.1) is 5.82 Å². The van der Waals surface area contributed by atoms with E-state index in [9.17, 15) is 9.60 Å². The molecule has 0 aliphatic heterocycles. The van der Waals surface area contributed by atoms with E-state index in [0.717, 1.165) is 5.56 Å². The van der Waals surface area contributed by atoms with Crippen molar-refractivity contribution in [3.63, 3.8) is 0 Å². The molecule has 0 aliphatic carbocycles. The summed E-state index contributed by atoms with van der Waals surface area (Å²) in [6.45, 7) is 2.06. The Balaban J connectivity index is 2.21. The van der Waals surface area contributed by atoms with Crippen LogP contribution in [-0.4, -0.2) is 50.6 Å². The van der Waals surface area contributed by atoms with E-state index in [1.165, 1.54) is 30.9 Å². The van der Waals surface area contributed by atoms with Crippen molar-refractivity contribution in [1.29, 1.82) is 0 Å². The third-order valence-corrected chi connectivity index (χ3v) is 4.29. The summed E-state index contributed by atoms with van der Waals surface area (Å²) in [4.78, 5) is 12.5. The summed E-state index contributed by atoms with van der Waals surface area (Å²) in [6, 6.07) is 4.60. The molecule has 1 unspecified atom stereocenters. The van der Waals surface area contributed by atoms with Gasteiger partial charge in [0, 0.05) is 18.8 Å². The van der Waals surface area contributed by atoms with Crippen molar-refractivity contribution in [3.05, 3.63) is 34.6 Å². The Labute approximate surface area is 153 Å². The first-order chi connectivity index (χ1) is 11.9. The molecular weight excluding hydrogens is 371 g/mol. The number of aliphatic hydroxyl groups is 1. The molecule has 0 fully saturated rings. The van der Waals surface area contributed by atoms with E-state index < -0.39 is 5.82 Å². The highest BCUT2D eigenvalue weighted by Crippen LogP contribution is 2.34. The summed E-state index contributed by atoms with van der Waals surface area (Å²) in [6.07, 6.45) is 0. The number of aromatic nitrogens is 3. The number of rotatable bonds is 8. The summed E-state index contributed by atoms with van der Waals surface area (Å²) in [5.74, 6) is -0.125. The van der Waals surface area contributed by atoms with Crippen molar-refractivity contribution in [1.82, 2.24) is 20.1 Å². The summed E-state index contributed by atoms with van der Waals surface area (Å²) in [7, 11) is 1.37. The summed E-state index contributed by atoms with van der Waals surface area (Å²) in [5, 5.41) is 22.0. The number of hydrogen-bond acceptors (Lipinski definition) is 9. The van der Waals surface area contributed by atoms with Crippen molar-refractivity contribution >= 4 is 35.3 Å². The van der Waals surface area contributed by atoms with Crippen LogP contribution >= 0.6 is 23.4 Å². The van der Waals surface area contributed by atoms with Gasteiger partial charge in [-0.25, -0.2) is 4.39 Å². The van der Waals surface area contributed by atoms with Crippen LogP contribution in [0.1, 0.15) is 17.7 Å². The van der Waals surface area contributed by atoms with Crippen molar-refractivity contribution in [2.45, 2.75) is 17.3 Å². The topological polar surface area (TPSA) is 106 Å². The maximum atomic E-state index is 13.6. The standard InChI is InChI=1S/C14H18ClFN6O2S/c1-8(9-3-4-10(15)11(16)7-9)25-14-19-12(17-5-6-23)18-13(20-14)21-22(2)24/h3-4,7-8,23-24H,5-6H2,1-2H3,(H2,17,18,19,20,21). The number of benzene rings is 1. The van der Waals surface area contributed by atoms with E-state index in [-0.39, 0.29) is 35.3 Å². The van der Waals surface area contributed by atoms with Crippen LogP contribution < -0.4 is 10.7 Å². The molecule has 136 valence electrons. The average molecular weight is 389 g/mol. The second-order valence-electron chi connectivity index (χ2n) is 4.98. The lowest BCUT2D eigenvalue weighted by Crippen LogP contribution is -2.23. The van der Waals surface area contributed by atoms with Gasteiger partial charge in [-0.1, -0.05) is 29.4 Å². The van der Waals surface area contributed by atoms with Gasteiger partial charge in [0.25, 0.3) is 0 Å². The Morgan fingerprint density at radius 1 is 1.32 bits per heavy atom. The van der Waals surface area contributed by atoms with Gasteiger partial charge >= 0.3 is 0 Å². The predicted molar refractivity (Wildman–Crippen MR) is 94.3 cm³/mol. The molecule has 1 atom stereocenters. The molecule has 0 bridgehead atoms. The number of thioether (sulfide) groups is 1. The Bertz CT molecular complexity index is 724. The van der Waals surface area contributed by atoms with Crippen LogP contribution in [-0.2, 0) is 0 Å². The van der Waals surface area contributed by atoms with Gasteiger partial charge in [-0.05, 0) is 24.6 Å².